The SMILES string of the molecule is O=C1C[C@H](c2ccncc2)c2c(ccc(C(=O)c3ccccc3)c2O)O1. The van der Waals surface area contributed by atoms with Crippen molar-refractivity contribution < 1.29 is 19.4 Å². The number of aromatic nitrogens is 1. The maximum atomic E-state index is 12.8. The van der Waals surface area contributed by atoms with E-state index >= 15 is 0 Å². The summed E-state index contributed by atoms with van der Waals surface area (Å²) >= 11 is 0. The van der Waals surface area contributed by atoms with Crippen LogP contribution in [0.25, 0.3) is 0 Å². The Morgan fingerprint density at radius 1 is 1.04 bits per heavy atom. The van der Waals surface area contributed by atoms with Crippen molar-refractivity contribution in [1.29, 1.82) is 0 Å². The summed E-state index contributed by atoms with van der Waals surface area (Å²) in [5.41, 5.74) is 1.96. The Bertz CT molecular complexity index is 984. The van der Waals surface area contributed by atoms with Crippen LogP contribution in [0.4, 0.5) is 0 Å². The average Bonchev–Trinajstić information content (AvgIpc) is 2.68. The first-order valence-electron chi connectivity index (χ1n) is 8.21. The minimum absolute atomic E-state index is 0.0908. The number of ketones is 1. The summed E-state index contributed by atoms with van der Waals surface area (Å²) in [5, 5.41) is 10.9. The lowest BCUT2D eigenvalue weighted by Gasteiger charge is -2.26. The standard InChI is InChI=1S/C21H15NO4/c23-18-12-16(13-8-10-22-11-9-13)19-17(26-18)7-6-15(21(19)25)20(24)14-4-2-1-3-5-14/h1-11,16,25H,12H2/t16-/m1/s1. The molecule has 0 radical (unpaired) electrons. The van der Waals surface area contributed by atoms with Crippen LogP contribution in [0.1, 0.15) is 39.4 Å². The van der Waals surface area contributed by atoms with Crippen LogP contribution >= 0.6 is 0 Å². The second-order valence-electron chi connectivity index (χ2n) is 6.08. The lowest BCUT2D eigenvalue weighted by atomic mass is 9.84. The molecule has 5 nitrogen and oxygen atoms in total. The molecule has 1 aliphatic rings. The molecule has 0 unspecified atom stereocenters. The number of rotatable bonds is 3. The number of pyridine rings is 1. The zero-order valence-electron chi connectivity index (χ0n) is 13.8. The van der Waals surface area contributed by atoms with E-state index in [4.69, 9.17) is 4.74 Å². The van der Waals surface area contributed by atoms with Gasteiger partial charge in [0.25, 0.3) is 0 Å². The molecule has 0 amide bonds. The molecule has 5 heteroatoms. The number of benzene rings is 2. The fourth-order valence-electron chi connectivity index (χ4n) is 3.26. The largest absolute Gasteiger partial charge is 0.507 e. The molecular weight excluding hydrogens is 330 g/mol. The maximum Gasteiger partial charge on any atom is 0.312 e. The number of nitrogens with zero attached hydrogens (tertiary/aromatic N) is 1. The second-order valence-corrected chi connectivity index (χ2v) is 6.08. The number of phenols is 1. The van der Waals surface area contributed by atoms with Crippen molar-refractivity contribution >= 4 is 11.8 Å². The normalized spacial score (nSPS) is 15.8. The van der Waals surface area contributed by atoms with E-state index in [-0.39, 0.29) is 35.2 Å². The van der Waals surface area contributed by atoms with Gasteiger partial charge >= 0.3 is 5.97 Å². The van der Waals surface area contributed by atoms with Gasteiger partial charge in [0.05, 0.1) is 12.0 Å². The van der Waals surface area contributed by atoms with Gasteiger partial charge in [-0.1, -0.05) is 30.3 Å². The Kier molecular flexibility index (Phi) is 3.97. The number of ether oxygens (including phenoxy) is 1. The predicted molar refractivity (Wildman–Crippen MR) is 94.3 cm³/mol. The zero-order chi connectivity index (χ0) is 18.1. The summed E-state index contributed by atoms with van der Waals surface area (Å²) in [6.45, 7) is 0. The Hall–Kier alpha value is -3.47. The molecule has 4 rings (SSSR count). The van der Waals surface area contributed by atoms with E-state index in [1.165, 1.54) is 6.07 Å². The minimum atomic E-state index is -0.391. The quantitative estimate of drug-likeness (QED) is 0.447. The highest BCUT2D eigenvalue weighted by Crippen LogP contribution is 2.45. The van der Waals surface area contributed by atoms with Crippen LogP contribution in [0.2, 0.25) is 0 Å². The average molecular weight is 345 g/mol. The van der Waals surface area contributed by atoms with Crippen LogP contribution in [-0.4, -0.2) is 21.8 Å². The van der Waals surface area contributed by atoms with Crippen molar-refractivity contribution in [1.82, 2.24) is 4.98 Å². The van der Waals surface area contributed by atoms with E-state index in [1.54, 1.807) is 54.9 Å². The first kappa shape index (κ1) is 16.0. The predicted octanol–water partition coefficient (Wildman–Crippen LogP) is 3.46. The Morgan fingerprint density at radius 3 is 2.50 bits per heavy atom. The van der Waals surface area contributed by atoms with Gasteiger partial charge in [0.2, 0.25) is 0 Å². The molecule has 2 aromatic carbocycles. The molecular formula is C21H15NO4. The zero-order valence-corrected chi connectivity index (χ0v) is 13.8. The van der Waals surface area contributed by atoms with E-state index in [0.717, 1.165) is 5.56 Å². The molecule has 0 bridgehead atoms. The van der Waals surface area contributed by atoms with Gasteiger partial charge in [0.1, 0.15) is 11.5 Å². The van der Waals surface area contributed by atoms with Gasteiger partial charge in [0.15, 0.2) is 5.78 Å². The summed E-state index contributed by atoms with van der Waals surface area (Å²) in [6, 6.07) is 15.4. The van der Waals surface area contributed by atoms with E-state index < -0.39 is 5.92 Å². The van der Waals surface area contributed by atoms with Gasteiger partial charge in [-0.05, 0) is 29.8 Å². The van der Waals surface area contributed by atoms with E-state index in [1.807, 2.05) is 6.07 Å². The number of carbonyl (C=O) groups excluding carboxylic acids is 2. The molecule has 3 aromatic rings. The maximum absolute atomic E-state index is 12.8. The Labute approximate surface area is 149 Å². The fraction of sp³-hybridized carbons (Fsp3) is 0.0952. The van der Waals surface area contributed by atoms with Crippen molar-refractivity contribution in [2.75, 3.05) is 0 Å². The summed E-state index contributed by atoms with van der Waals surface area (Å²) in [5.74, 6) is -0.911. The molecule has 0 spiro atoms. The first-order valence-corrected chi connectivity index (χ1v) is 8.21. The Balaban J connectivity index is 1.85. The van der Waals surface area contributed by atoms with Crippen LogP contribution in [0, 0.1) is 0 Å². The number of esters is 1. The molecule has 0 saturated heterocycles. The van der Waals surface area contributed by atoms with Crippen LogP contribution < -0.4 is 4.74 Å². The van der Waals surface area contributed by atoms with Gasteiger partial charge in [0, 0.05) is 29.4 Å². The number of hydrogen-bond acceptors (Lipinski definition) is 5. The minimum Gasteiger partial charge on any atom is -0.507 e. The van der Waals surface area contributed by atoms with E-state index in [9.17, 15) is 14.7 Å². The van der Waals surface area contributed by atoms with Gasteiger partial charge < -0.3 is 9.84 Å². The molecule has 128 valence electrons. The number of fused-ring (bicyclic) bond motifs is 1. The number of hydrogen-bond donors (Lipinski definition) is 1. The number of phenolic OH excluding ortho intramolecular Hbond substituents is 1. The fourth-order valence-corrected chi connectivity index (χ4v) is 3.26. The molecule has 1 N–H and O–H groups in total. The topological polar surface area (TPSA) is 76.5 Å². The van der Waals surface area contributed by atoms with Gasteiger partial charge in [-0.15, -0.1) is 0 Å². The summed E-state index contributed by atoms with van der Waals surface area (Å²) in [6.07, 6.45) is 3.35. The lowest BCUT2D eigenvalue weighted by molar-refractivity contribution is -0.135. The summed E-state index contributed by atoms with van der Waals surface area (Å²) < 4.78 is 5.28. The van der Waals surface area contributed by atoms with Crippen molar-refractivity contribution in [3.63, 3.8) is 0 Å². The molecule has 0 saturated carbocycles. The van der Waals surface area contributed by atoms with Crippen molar-refractivity contribution in [2.24, 2.45) is 0 Å². The summed E-state index contributed by atoms with van der Waals surface area (Å²) in [4.78, 5) is 28.7. The van der Waals surface area contributed by atoms with Crippen LogP contribution in [0.3, 0.4) is 0 Å². The Morgan fingerprint density at radius 2 is 1.77 bits per heavy atom. The van der Waals surface area contributed by atoms with Crippen molar-refractivity contribution in [3.05, 3.63) is 89.2 Å². The van der Waals surface area contributed by atoms with E-state index in [2.05, 4.69) is 4.98 Å². The van der Waals surface area contributed by atoms with Crippen LogP contribution in [0.5, 0.6) is 11.5 Å². The third kappa shape index (κ3) is 2.73. The van der Waals surface area contributed by atoms with Gasteiger partial charge in [-0.25, -0.2) is 0 Å². The monoisotopic (exact) mass is 345 g/mol. The molecule has 0 aliphatic carbocycles. The highest BCUT2D eigenvalue weighted by Gasteiger charge is 2.33. The van der Waals surface area contributed by atoms with E-state index in [0.29, 0.717) is 11.1 Å². The smallest absolute Gasteiger partial charge is 0.312 e. The molecule has 1 aromatic heterocycles. The third-order valence-electron chi connectivity index (χ3n) is 4.51. The van der Waals surface area contributed by atoms with Gasteiger partial charge in [-0.2, -0.15) is 0 Å². The molecule has 2 heterocycles. The van der Waals surface area contributed by atoms with Crippen LogP contribution in [-0.2, 0) is 4.79 Å². The molecule has 26 heavy (non-hydrogen) atoms. The molecule has 1 atom stereocenters. The molecule has 0 fully saturated rings. The van der Waals surface area contributed by atoms with Crippen molar-refractivity contribution in [3.8, 4) is 11.5 Å². The van der Waals surface area contributed by atoms with Crippen molar-refractivity contribution in [2.45, 2.75) is 12.3 Å². The lowest BCUT2D eigenvalue weighted by Crippen LogP contribution is -2.22. The second kappa shape index (κ2) is 6.44. The first-order chi connectivity index (χ1) is 12.6. The van der Waals surface area contributed by atoms with Crippen LogP contribution in [0.15, 0.2) is 67.0 Å². The number of aromatic hydroxyl groups is 1. The molecule has 1 aliphatic heterocycles. The third-order valence-corrected chi connectivity index (χ3v) is 4.51. The van der Waals surface area contributed by atoms with Gasteiger partial charge in [-0.3, -0.25) is 14.6 Å². The number of carbonyl (C=O) groups is 2. The highest BCUT2D eigenvalue weighted by molar-refractivity contribution is 6.11. The highest BCUT2D eigenvalue weighted by atomic mass is 16.5. The summed E-state index contributed by atoms with van der Waals surface area (Å²) in [7, 11) is 0.